The highest BCUT2D eigenvalue weighted by Gasteiger charge is 2.20. The van der Waals surface area contributed by atoms with Crippen LogP contribution in [0.25, 0.3) is 0 Å². The van der Waals surface area contributed by atoms with Crippen molar-refractivity contribution in [3.63, 3.8) is 0 Å². The Hall–Kier alpha value is -2.41. The lowest BCUT2D eigenvalue weighted by Gasteiger charge is -2.12. The van der Waals surface area contributed by atoms with Crippen molar-refractivity contribution in [2.24, 2.45) is 0 Å². The van der Waals surface area contributed by atoms with Gasteiger partial charge in [-0.2, -0.15) is 0 Å². The van der Waals surface area contributed by atoms with Crippen molar-refractivity contribution < 1.29 is 22.6 Å². The van der Waals surface area contributed by atoms with Crippen molar-refractivity contribution in [1.82, 2.24) is 0 Å². The number of ether oxygens (including phenoxy) is 3. The number of hydrogen-bond donors (Lipinski definition) is 1. The van der Waals surface area contributed by atoms with Gasteiger partial charge in [-0.1, -0.05) is 0 Å². The topological polar surface area (TPSA) is 73.9 Å². The first kappa shape index (κ1) is 15.5. The van der Waals surface area contributed by atoms with Gasteiger partial charge in [0.15, 0.2) is 11.5 Å². The summed E-state index contributed by atoms with van der Waals surface area (Å²) in [6.07, 6.45) is 0.717. The summed E-state index contributed by atoms with van der Waals surface area (Å²) in [7, 11) is -0.663. The summed E-state index contributed by atoms with van der Waals surface area (Å²) in [5.41, 5.74) is 1.31. The molecule has 0 saturated heterocycles. The van der Waals surface area contributed by atoms with Gasteiger partial charge in [0.25, 0.3) is 10.0 Å². The summed E-state index contributed by atoms with van der Waals surface area (Å²) >= 11 is 0. The molecule has 0 atom stereocenters. The van der Waals surface area contributed by atoms with Crippen LogP contribution in [0.5, 0.6) is 17.2 Å². The number of benzene rings is 2. The molecule has 0 bridgehead atoms. The Labute approximate surface area is 135 Å². The maximum Gasteiger partial charge on any atom is 0.261 e. The second kappa shape index (κ2) is 6.00. The predicted octanol–water partition coefficient (Wildman–Crippen LogP) is 2.44. The Morgan fingerprint density at radius 3 is 2.57 bits per heavy atom. The van der Waals surface area contributed by atoms with E-state index in [0.717, 1.165) is 17.7 Å². The maximum atomic E-state index is 12.5. The third kappa shape index (κ3) is 3.05. The summed E-state index contributed by atoms with van der Waals surface area (Å²) < 4.78 is 43.3. The molecule has 6 nitrogen and oxygen atoms in total. The first-order valence-electron chi connectivity index (χ1n) is 7.04. The molecule has 7 heteroatoms. The predicted molar refractivity (Wildman–Crippen MR) is 86.0 cm³/mol. The molecule has 0 amide bonds. The largest absolute Gasteiger partial charge is 0.493 e. The lowest BCUT2D eigenvalue weighted by Crippen LogP contribution is -2.13. The van der Waals surface area contributed by atoms with Crippen molar-refractivity contribution >= 4 is 15.7 Å². The van der Waals surface area contributed by atoms with Crippen LogP contribution in [0.15, 0.2) is 41.3 Å². The van der Waals surface area contributed by atoms with Crippen molar-refractivity contribution in [3.05, 3.63) is 42.0 Å². The van der Waals surface area contributed by atoms with Gasteiger partial charge >= 0.3 is 0 Å². The molecule has 0 spiro atoms. The number of methoxy groups -OCH3 is 2. The summed E-state index contributed by atoms with van der Waals surface area (Å²) in [6.45, 7) is 0.585. The van der Waals surface area contributed by atoms with Crippen LogP contribution in [0.1, 0.15) is 5.56 Å². The minimum absolute atomic E-state index is 0.205. The number of sulfonamides is 1. The van der Waals surface area contributed by atoms with Gasteiger partial charge in [0, 0.05) is 12.5 Å². The van der Waals surface area contributed by atoms with Gasteiger partial charge in [-0.05, 0) is 35.9 Å². The highest BCUT2D eigenvalue weighted by atomic mass is 32.2. The molecule has 0 unspecified atom stereocenters. The zero-order valence-corrected chi connectivity index (χ0v) is 13.6. The molecule has 0 saturated carbocycles. The second-order valence-corrected chi connectivity index (χ2v) is 6.73. The fourth-order valence-electron chi connectivity index (χ4n) is 2.44. The Morgan fingerprint density at radius 2 is 1.83 bits per heavy atom. The van der Waals surface area contributed by atoms with Crippen molar-refractivity contribution in [1.29, 1.82) is 0 Å². The third-order valence-electron chi connectivity index (χ3n) is 3.61. The first-order chi connectivity index (χ1) is 11.0. The Kier molecular flexibility index (Phi) is 4.04. The molecule has 2 aromatic carbocycles. The molecular formula is C16H17NO5S. The number of hydrogen-bond acceptors (Lipinski definition) is 5. The summed E-state index contributed by atoms with van der Waals surface area (Å²) in [4.78, 5) is 0.205. The average molecular weight is 335 g/mol. The van der Waals surface area contributed by atoms with Crippen LogP contribution in [0.2, 0.25) is 0 Å². The summed E-state index contributed by atoms with van der Waals surface area (Å²) in [5, 5.41) is 0. The normalized spacial score (nSPS) is 13.1. The summed E-state index contributed by atoms with van der Waals surface area (Å²) in [6, 6.07) is 9.71. The third-order valence-corrected chi connectivity index (χ3v) is 4.99. The molecule has 23 heavy (non-hydrogen) atoms. The quantitative estimate of drug-likeness (QED) is 0.908. The number of rotatable bonds is 5. The van der Waals surface area contributed by atoms with Crippen LogP contribution < -0.4 is 18.9 Å². The zero-order chi connectivity index (χ0) is 16.4. The van der Waals surface area contributed by atoms with E-state index in [4.69, 9.17) is 14.2 Å². The Morgan fingerprint density at radius 1 is 1.04 bits per heavy atom. The Balaban J connectivity index is 1.89. The first-order valence-corrected chi connectivity index (χ1v) is 8.52. The smallest absolute Gasteiger partial charge is 0.261 e. The van der Waals surface area contributed by atoms with Crippen LogP contribution in [0.4, 0.5) is 5.69 Å². The highest BCUT2D eigenvalue weighted by molar-refractivity contribution is 7.92. The van der Waals surface area contributed by atoms with E-state index >= 15 is 0 Å². The van der Waals surface area contributed by atoms with Crippen molar-refractivity contribution in [2.45, 2.75) is 11.3 Å². The molecule has 2 aromatic rings. The van der Waals surface area contributed by atoms with E-state index in [-0.39, 0.29) is 4.90 Å². The fourth-order valence-corrected chi connectivity index (χ4v) is 3.54. The van der Waals surface area contributed by atoms with Crippen molar-refractivity contribution in [3.8, 4) is 17.2 Å². The van der Waals surface area contributed by atoms with Gasteiger partial charge in [-0.15, -0.1) is 0 Å². The van der Waals surface area contributed by atoms with E-state index in [0.29, 0.717) is 23.8 Å². The van der Waals surface area contributed by atoms with Gasteiger partial charge < -0.3 is 14.2 Å². The highest BCUT2D eigenvalue weighted by Crippen LogP contribution is 2.32. The monoisotopic (exact) mass is 335 g/mol. The maximum absolute atomic E-state index is 12.5. The standard InChI is InChI=1S/C16H17NO5S/c1-20-15-5-3-12(10-16(15)21-2)17-23(18,19)13-4-6-14-11(9-13)7-8-22-14/h3-6,9-10,17H,7-8H2,1-2H3. The van der Waals surface area contributed by atoms with E-state index in [1.165, 1.54) is 20.3 Å². The molecule has 0 aliphatic carbocycles. The minimum Gasteiger partial charge on any atom is -0.493 e. The van der Waals surface area contributed by atoms with Gasteiger partial charge in [0.2, 0.25) is 0 Å². The van der Waals surface area contributed by atoms with Gasteiger partial charge in [0.05, 0.1) is 31.4 Å². The van der Waals surface area contributed by atoms with E-state index in [1.807, 2.05) is 0 Å². The molecule has 122 valence electrons. The van der Waals surface area contributed by atoms with Gasteiger partial charge in [-0.25, -0.2) is 8.42 Å². The molecule has 1 aliphatic rings. The molecule has 0 radical (unpaired) electrons. The van der Waals surface area contributed by atoms with Gasteiger partial charge in [-0.3, -0.25) is 4.72 Å². The molecule has 1 N–H and O–H groups in total. The van der Waals surface area contributed by atoms with Crippen LogP contribution in [0, 0.1) is 0 Å². The lowest BCUT2D eigenvalue weighted by atomic mass is 10.2. The zero-order valence-electron chi connectivity index (χ0n) is 12.8. The fraction of sp³-hybridized carbons (Fsp3) is 0.250. The molecule has 1 heterocycles. The van der Waals surface area contributed by atoms with Crippen LogP contribution in [-0.2, 0) is 16.4 Å². The molecular weight excluding hydrogens is 318 g/mol. The SMILES string of the molecule is COc1ccc(NS(=O)(=O)c2ccc3c(c2)CCO3)cc1OC. The molecule has 0 fully saturated rings. The minimum atomic E-state index is -3.68. The van der Waals surface area contributed by atoms with Crippen LogP contribution in [-0.4, -0.2) is 29.2 Å². The molecule has 0 aromatic heterocycles. The second-order valence-electron chi connectivity index (χ2n) is 5.04. The van der Waals surface area contributed by atoms with E-state index < -0.39 is 10.0 Å². The van der Waals surface area contributed by atoms with Crippen LogP contribution >= 0.6 is 0 Å². The van der Waals surface area contributed by atoms with Crippen LogP contribution in [0.3, 0.4) is 0 Å². The molecule has 3 rings (SSSR count). The number of anilines is 1. The van der Waals surface area contributed by atoms with E-state index in [9.17, 15) is 8.42 Å². The average Bonchev–Trinajstić information content (AvgIpc) is 3.02. The molecule has 1 aliphatic heterocycles. The Bertz CT molecular complexity index is 832. The number of fused-ring (bicyclic) bond motifs is 1. The van der Waals surface area contributed by atoms with Gasteiger partial charge in [0.1, 0.15) is 5.75 Å². The van der Waals surface area contributed by atoms with E-state index in [2.05, 4.69) is 4.72 Å². The van der Waals surface area contributed by atoms with E-state index in [1.54, 1.807) is 30.3 Å². The van der Waals surface area contributed by atoms with Crippen molar-refractivity contribution in [2.75, 3.05) is 25.5 Å². The number of nitrogens with one attached hydrogen (secondary N) is 1. The lowest BCUT2D eigenvalue weighted by molar-refractivity contribution is 0.355. The summed E-state index contributed by atoms with van der Waals surface area (Å²) in [5.74, 6) is 1.73.